The van der Waals surface area contributed by atoms with E-state index >= 15 is 0 Å². The Kier molecular flexibility index (Phi) is 6.12. The number of aromatic nitrogens is 3. The number of carboxylic acids is 1. The molecule has 2 aromatic heterocycles. The molecule has 29 heavy (non-hydrogen) atoms. The number of nitrogens with one attached hydrogen (secondary N) is 1. The number of carbonyl (C=O) groups excluding carboxylic acids is 1. The number of benzene rings is 1. The fourth-order valence-electron chi connectivity index (χ4n) is 2.42. The van der Waals surface area contributed by atoms with Crippen LogP contribution in [0.3, 0.4) is 0 Å². The Bertz CT molecular complexity index is 1140. The fraction of sp³-hybridized carbons (Fsp3) is 0.0952. The molecule has 0 saturated heterocycles. The first-order valence-corrected chi connectivity index (χ1v) is 8.61. The summed E-state index contributed by atoms with van der Waals surface area (Å²) < 4.78 is 0.910. The van der Waals surface area contributed by atoms with E-state index in [2.05, 4.69) is 27.4 Å². The van der Waals surface area contributed by atoms with E-state index in [0.717, 1.165) is 15.8 Å². The van der Waals surface area contributed by atoms with Crippen molar-refractivity contribution in [2.24, 2.45) is 0 Å². The summed E-state index contributed by atoms with van der Waals surface area (Å²) in [4.78, 5) is 39.5. The van der Waals surface area contributed by atoms with E-state index in [4.69, 9.17) is 5.11 Å². The van der Waals surface area contributed by atoms with Crippen molar-refractivity contribution in [3.8, 4) is 12.0 Å². The van der Waals surface area contributed by atoms with Crippen LogP contribution < -0.4 is 10.9 Å². The van der Waals surface area contributed by atoms with E-state index in [0.29, 0.717) is 6.42 Å². The van der Waals surface area contributed by atoms with Gasteiger partial charge in [0.25, 0.3) is 11.5 Å². The van der Waals surface area contributed by atoms with Crippen LogP contribution in [0.25, 0.3) is 0 Å². The number of amides is 1. The molecule has 1 aromatic carbocycles. The van der Waals surface area contributed by atoms with Crippen LogP contribution in [-0.2, 0) is 13.0 Å². The van der Waals surface area contributed by atoms with E-state index in [1.54, 1.807) is 36.7 Å². The van der Waals surface area contributed by atoms with E-state index in [-0.39, 0.29) is 17.7 Å². The van der Waals surface area contributed by atoms with E-state index < -0.39 is 17.4 Å². The van der Waals surface area contributed by atoms with Crippen molar-refractivity contribution in [2.45, 2.75) is 13.0 Å². The van der Waals surface area contributed by atoms with Crippen LogP contribution in [0.4, 0.5) is 0 Å². The van der Waals surface area contributed by atoms with Gasteiger partial charge in [-0.25, -0.2) is 4.79 Å². The minimum Gasteiger partial charge on any atom is -0.478 e. The van der Waals surface area contributed by atoms with Gasteiger partial charge in [-0.3, -0.25) is 14.6 Å². The Morgan fingerprint density at radius 1 is 1.00 bits per heavy atom. The summed E-state index contributed by atoms with van der Waals surface area (Å²) in [6, 6.07) is 13.7. The van der Waals surface area contributed by atoms with Gasteiger partial charge >= 0.3 is 5.97 Å². The molecule has 3 aromatic rings. The number of carboxylic acid groups (broad SMARTS) is 1. The van der Waals surface area contributed by atoms with E-state index in [1.165, 1.54) is 24.4 Å². The molecule has 0 aliphatic heterocycles. The highest BCUT2D eigenvalue weighted by Gasteiger charge is 2.12. The monoisotopic (exact) mass is 388 g/mol. The quantitative estimate of drug-likeness (QED) is 0.637. The zero-order valence-corrected chi connectivity index (χ0v) is 15.2. The lowest BCUT2D eigenvalue weighted by atomic mass is 10.1. The number of hydrogen-bond acceptors (Lipinski definition) is 5. The molecule has 0 aliphatic carbocycles. The first-order chi connectivity index (χ1) is 14.0. The molecule has 0 aliphatic rings. The molecule has 144 valence electrons. The van der Waals surface area contributed by atoms with Gasteiger partial charge in [-0.1, -0.05) is 18.1 Å². The second-order valence-corrected chi connectivity index (χ2v) is 5.97. The summed E-state index contributed by atoms with van der Waals surface area (Å²) in [7, 11) is 0. The van der Waals surface area contributed by atoms with Crippen LogP contribution in [0.2, 0.25) is 0 Å². The Morgan fingerprint density at radius 2 is 1.72 bits per heavy atom. The van der Waals surface area contributed by atoms with E-state index in [9.17, 15) is 14.4 Å². The SMILES string of the molecule is O=C(O)c1ccc(CC#Cn2nccc(C(=O)NCc3ccncc3)c2=O)cc1. The first kappa shape index (κ1) is 19.5. The van der Waals surface area contributed by atoms with Crippen molar-refractivity contribution < 1.29 is 14.7 Å². The Morgan fingerprint density at radius 3 is 2.41 bits per heavy atom. The van der Waals surface area contributed by atoms with Crippen LogP contribution in [0.5, 0.6) is 0 Å². The summed E-state index contributed by atoms with van der Waals surface area (Å²) in [6.07, 6.45) is 4.86. The third-order valence-corrected chi connectivity index (χ3v) is 3.97. The summed E-state index contributed by atoms with van der Waals surface area (Å²) in [5.74, 6) is 1.27. The second-order valence-electron chi connectivity index (χ2n) is 5.97. The number of nitrogens with zero attached hydrogens (tertiary/aromatic N) is 3. The van der Waals surface area contributed by atoms with Gasteiger partial charge in [-0.05, 0) is 41.5 Å². The van der Waals surface area contributed by atoms with Crippen molar-refractivity contribution in [1.29, 1.82) is 0 Å². The molecule has 0 spiro atoms. The van der Waals surface area contributed by atoms with Gasteiger partial charge in [0.05, 0.1) is 5.56 Å². The number of hydrogen-bond donors (Lipinski definition) is 2. The fourth-order valence-corrected chi connectivity index (χ4v) is 2.42. The van der Waals surface area contributed by atoms with Crippen molar-refractivity contribution in [2.75, 3.05) is 0 Å². The standard InChI is InChI=1S/C21H16N4O4/c26-19(23-14-16-7-10-22-11-8-16)18-9-12-24-25(20(18)27)13-1-2-15-3-5-17(6-4-15)21(28)29/h3-12H,2,14H2,(H,23,26)(H,28,29). The van der Waals surface area contributed by atoms with E-state index in [1.807, 2.05) is 0 Å². The first-order valence-electron chi connectivity index (χ1n) is 8.61. The highest BCUT2D eigenvalue weighted by molar-refractivity contribution is 5.93. The average molecular weight is 388 g/mol. The molecule has 2 heterocycles. The van der Waals surface area contributed by atoms with Gasteiger partial charge in [0, 0.05) is 37.6 Å². The predicted octanol–water partition coefficient (Wildman–Crippen LogP) is 1.32. The number of pyridine rings is 1. The largest absolute Gasteiger partial charge is 0.478 e. The van der Waals surface area contributed by atoms with Crippen molar-refractivity contribution in [1.82, 2.24) is 20.1 Å². The van der Waals surface area contributed by atoms with Gasteiger partial charge < -0.3 is 10.4 Å². The average Bonchev–Trinajstić information content (AvgIpc) is 2.74. The summed E-state index contributed by atoms with van der Waals surface area (Å²) in [5.41, 5.74) is 1.16. The molecule has 2 N–H and O–H groups in total. The Labute approximate surface area is 165 Å². The summed E-state index contributed by atoms with van der Waals surface area (Å²) in [5, 5.41) is 15.4. The molecule has 0 atom stereocenters. The second kappa shape index (κ2) is 9.10. The number of carbonyl (C=O) groups is 2. The highest BCUT2D eigenvalue weighted by atomic mass is 16.4. The molecule has 0 radical (unpaired) electrons. The number of aromatic carboxylic acids is 1. The van der Waals surface area contributed by atoms with Crippen LogP contribution in [0, 0.1) is 12.0 Å². The third-order valence-electron chi connectivity index (χ3n) is 3.97. The lowest BCUT2D eigenvalue weighted by molar-refractivity contribution is 0.0696. The lowest BCUT2D eigenvalue weighted by Crippen LogP contribution is -2.32. The maximum absolute atomic E-state index is 12.4. The minimum absolute atomic E-state index is 0.0610. The summed E-state index contributed by atoms with van der Waals surface area (Å²) in [6.45, 7) is 0.265. The highest BCUT2D eigenvalue weighted by Crippen LogP contribution is 2.04. The molecule has 3 rings (SSSR count). The normalized spacial score (nSPS) is 9.93. The van der Waals surface area contributed by atoms with Gasteiger partial charge in [0.1, 0.15) is 5.56 Å². The van der Waals surface area contributed by atoms with Crippen LogP contribution >= 0.6 is 0 Å². The smallest absolute Gasteiger partial charge is 0.335 e. The molecular formula is C21H16N4O4. The molecule has 0 bridgehead atoms. The van der Waals surface area contributed by atoms with Crippen LogP contribution in [0.15, 0.2) is 65.8 Å². The Balaban J connectivity index is 1.68. The Hall–Kier alpha value is -4.25. The van der Waals surface area contributed by atoms with Crippen molar-refractivity contribution in [3.05, 3.63) is 93.7 Å². The van der Waals surface area contributed by atoms with Crippen LogP contribution in [-0.4, -0.2) is 31.7 Å². The van der Waals surface area contributed by atoms with Crippen LogP contribution in [0.1, 0.15) is 31.8 Å². The molecule has 1 amide bonds. The minimum atomic E-state index is -1.00. The van der Waals surface area contributed by atoms with Crippen molar-refractivity contribution >= 4 is 11.9 Å². The maximum atomic E-state index is 12.4. The van der Waals surface area contributed by atoms with Crippen molar-refractivity contribution in [3.63, 3.8) is 0 Å². The topological polar surface area (TPSA) is 114 Å². The molecular weight excluding hydrogens is 372 g/mol. The summed E-state index contributed by atoms with van der Waals surface area (Å²) >= 11 is 0. The predicted molar refractivity (Wildman–Crippen MR) is 104 cm³/mol. The molecule has 8 nitrogen and oxygen atoms in total. The van der Waals surface area contributed by atoms with Gasteiger partial charge in [0.2, 0.25) is 0 Å². The zero-order chi connectivity index (χ0) is 20.6. The van der Waals surface area contributed by atoms with Gasteiger partial charge in [-0.2, -0.15) is 9.78 Å². The zero-order valence-electron chi connectivity index (χ0n) is 15.2. The third kappa shape index (κ3) is 5.14. The van der Waals surface area contributed by atoms with Gasteiger partial charge in [0.15, 0.2) is 0 Å². The molecule has 0 unspecified atom stereocenters. The molecule has 8 heteroatoms. The number of rotatable bonds is 5. The molecule has 0 fully saturated rings. The van der Waals surface area contributed by atoms with Gasteiger partial charge in [-0.15, -0.1) is 0 Å². The lowest BCUT2D eigenvalue weighted by Gasteiger charge is -2.05. The maximum Gasteiger partial charge on any atom is 0.335 e. The molecule has 0 saturated carbocycles.